The lowest BCUT2D eigenvalue weighted by molar-refractivity contribution is -0.395. The smallest absolute Gasteiger partial charge is 0.450 e. The van der Waals surface area contributed by atoms with Gasteiger partial charge in [0.05, 0.1) is 26.4 Å². The summed E-state index contributed by atoms with van der Waals surface area (Å²) in [5.74, 6) is -3.30. The van der Waals surface area contributed by atoms with Crippen LogP contribution in [0.3, 0.4) is 0 Å². The van der Waals surface area contributed by atoms with Crippen molar-refractivity contribution in [1.82, 2.24) is 0 Å². The van der Waals surface area contributed by atoms with Gasteiger partial charge in [0, 0.05) is 28.8 Å². The first-order valence-electron chi connectivity index (χ1n) is 10.4. The Labute approximate surface area is 214 Å². The lowest BCUT2D eigenvalue weighted by Gasteiger charge is -2.14. The molecule has 0 aliphatic carbocycles. The van der Waals surface area contributed by atoms with Gasteiger partial charge in [-0.05, 0) is 25.1 Å². The van der Waals surface area contributed by atoms with Crippen molar-refractivity contribution < 1.29 is 37.0 Å². The molecule has 1 aromatic heterocycles. The van der Waals surface area contributed by atoms with Crippen LogP contribution in [0.1, 0.15) is 21.7 Å². The Kier molecular flexibility index (Phi) is 6.64. The third-order valence-corrected chi connectivity index (χ3v) is 5.79. The number of rotatable bonds is 5. The highest BCUT2D eigenvalue weighted by atomic mass is 35.5. The van der Waals surface area contributed by atoms with Gasteiger partial charge in [0.1, 0.15) is 16.9 Å². The molecule has 4 rings (SSSR count). The van der Waals surface area contributed by atoms with Crippen LogP contribution in [0.5, 0.6) is 5.75 Å². The fourth-order valence-corrected chi connectivity index (χ4v) is 3.92. The molecule has 0 amide bonds. The van der Waals surface area contributed by atoms with Gasteiger partial charge in [-0.3, -0.25) is 25.0 Å². The summed E-state index contributed by atoms with van der Waals surface area (Å²) in [6, 6.07) is 9.92. The normalized spacial score (nSPS) is 11.4. The molecule has 14 heteroatoms. The Morgan fingerprint density at radius 1 is 1.00 bits per heavy atom. The predicted octanol–water partition coefficient (Wildman–Crippen LogP) is 6.48. The summed E-state index contributed by atoms with van der Waals surface area (Å²) in [7, 11) is 0. The number of hydrogen-bond acceptors (Lipinski definition) is 8. The quantitative estimate of drug-likeness (QED) is 0.119. The first-order chi connectivity index (χ1) is 17.8. The first-order valence-corrected chi connectivity index (χ1v) is 10.8. The number of benzene rings is 3. The molecule has 0 aliphatic rings. The van der Waals surface area contributed by atoms with E-state index in [0.29, 0.717) is 0 Å². The molecule has 0 unspecified atom stereocenters. The molecule has 0 N–H and O–H groups in total. The van der Waals surface area contributed by atoms with Crippen LogP contribution in [0.2, 0.25) is 5.02 Å². The lowest BCUT2D eigenvalue weighted by atomic mass is 10.0. The molecule has 0 saturated carbocycles. The molecule has 0 spiro atoms. The average molecular weight is 549 g/mol. The maximum Gasteiger partial charge on any atom is 0.450 e. The van der Waals surface area contributed by atoms with Crippen LogP contribution in [0, 0.1) is 27.2 Å². The van der Waals surface area contributed by atoms with Crippen LogP contribution in [0.15, 0.2) is 63.8 Å². The van der Waals surface area contributed by atoms with E-state index in [-0.39, 0.29) is 21.5 Å². The minimum Gasteiger partial charge on any atom is -0.450 e. The molecular weight excluding hydrogens is 537 g/mol. The van der Waals surface area contributed by atoms with E-state index >= 15 is 0 Å². The van der Waals surface area contributed by atoms with Gasteiger partial charge in [0.2, 0.25) is 11.2 Å². The van der Waals surface area contributed by atoms with E-state index in [1.165, 1.54) is 24.3 Å². The van der Waals surface area contributed by atoms with Gasteiger partial charge >= 0.3 is 12.1 Å². The van der Waals surface area contributed by atoms with Gasteiger partial charge in [-0.15, -0.1) is 0 Å². The van der Waals surface area contributed by atoms with E-state index in [1.807, 2.05) is 0 Å². The number of esters is 1. The average Bonchev–Trinajstić information content (AvgIpc) is 2.83. The third-order valence-electron chi connectivity index (χ3n) is 5.46. The highest BCUT2D eigenvalue weighted by molar-refractivity contribution is 6.33. The van der Waals surface area contributed by atoms with Crippen LogP contribution < -0.4 is 10.2 Å². The highest BCUT2D eigenvalue weighted by Crippen LogP contribution is 2.40. The summed E-state index contributed by atoms with van der Waals surface area (Å²) in [5, 5.41) is 22.1. The largest absolute Gasteiger partial charge is 0.450 e. The highest BCUT2D eigenvalue weighted by Gasteiger charge is 2.40. The number of halogens is 4. The van der Waals surface area contributed by atoms with Crippen molar-refractivity contribution >= 4 is 39.9 Å². The van der Waals surface area contributed by atoms with E-state index in [0.717, 1.165) is 37.3 Å². The molecule has 0 saturated heterocycles. The van der Waals surface area contributed by atoms with Crippen molar-refractivity contribution in [2.45, 2.75) is 13.1 Å². The second-order valence-corrected chi connectivity index (χ2v) is 8.22. The number of alkyl halides is 3. The standard InChI is InChI=1S/C24H12ClF3N2O8/c1-11-17(29(33)34)8-12(9-18(11)30(35)36)23(32)37-13-6-7-15-19(10-13)38-22(24(26,27)28)20(21(15)31)14-4-2-3-5-16(14)25/h2-10H,1H3. The van der Waals surface area contributed by atoms with Crippen LogP contribution in [-0.2, 0) is 6.18 Å². The monoisotopic (exact) mass is 548 g/mol. The minimum atomic E-state index is -5.10. The Morgan fingerprint density at radius 3 is 2.16 bits per heavy atom. The number of carbonyl (C=O) groups is 1. The topological polar surface area (TPSA) is 143 Å². The Hall–Kier alpha value is -4.78. The van der Waals surface area contributed by atoms with Crippen molar-refractivity contribution in [2.24, 2.45) is 0 Å². The molecule has 0 aliphatic heterocycles. The maximum atomic E-state index is 13.9. The van der Waals surface area contributed by atoms with E-state index in [4.69, 9.17) is 20.8 Å². The molecule has 0 radical (unpaired) electrons. The Morgan fingerprint density at radius 2 is 1.61 bits per heavy atom. The summed E-state index contributed by atoms with van der Waals surface area (Å²) in [5.41, 5.74) is -4.90. The van der Waals surface area contributed by atoms with E-state index in [1.54, 1.807) is 0 Å². The molecular formula is C24H12ClF3N2O8. The zero-order valence-electron chi connectivity index (χ0n) is 18.9. The second-order valence-electron chi connectivity index (χ2n) is 7.81. The Bertz CT molecular complexity index is 1680. The van der Waals surface area contributed by atoms with Gasteiger partial charge in [0.15, 0.2) is 0 Å². The number of fused-ring (bicyclic) bond motifs is 1. The van der Waals surface area contributed by atoms with Gasteiger partial charge < -0.3 is 9.15 Å². The van der Waals surface area contributed by atoms with Gasteiger partial charge in [-0.2, -0.15) is 13.2 Å². The minimum absolute atomic E-state index is 0.114. The van der Waals surface area contributed by atoms with E-state index < -0.39 is 67.0 Å². The van der Waals surface area contributed by atoms with Crippen molar-refractivity contribution in [3.05, 3.63) is 107 Å². The van der Waals surface area contributed by atoms with Crippen molar-refractivity contribution in [1.29, 1.82) is 0 Å². The van der Waals surface area contributed by atoms with E-state index in [2.05, 4.69) is 0 Å². The number of hydrogen-bond donors (Lipinski definition) is 0. The third kappa shape index (κ3) is 4.78. The zero-order valence-corrected chi connectivity index (χ0v) is 19.6. The van der Waals surface area contributed by atoms with Crippen molar-refractivity contribution in [3.63, 3.8) is 0 Å². The predicted molar refractivity (Wildman–Crippen MR) is 127 cm³/mol. The SMILES string of the molecule is Cc1c([N+](=O)[O-])cc(C(=O)Oc2ccc3c(=O)c(-c4ccccc4Cl)c(C(F)(F)F)oc3c2)cc1[N+](=O)[O-]. The fourth-order valence-electron chi connectivity index (χ4n) is 3.69. The number of carbonyl (C=O) groups excluding carboxylic acids is 1. The molecule has 194 valence electrons. The van der Waals surface area contributed by atoms with Crippen LogP contribution in [-0.4, -0.2) is 15.8 Å². The number of nitrogens with zero attached hydrogens (tertiary/aromatic N) is 2. The second kappa shape index (κ2) is 9.59. The van der Waals surface area contributed by atoms with Gasteiger partial charge in [-0.1, -0.05) is 29.8 Å². The van der Waals surface area contributed by atoms with Gasteiger partial charge in [-0.25, -0.2) is 4.79 Å². The summed E-state index contributed by atoms with van der Waals surface area (Å²) in [6.07, 6.45) is -5.10. The van der Waals surface area contributed by atoms with Gasteiger partial charge in [0.25, 0.3) is 11.4 Å². The fraction of sp³-hybridized carbons (Fsp3) is 0.0833. The zero-order chi connectivity index (χ0) is 27.9. The summed E-state index contributed by atoms with van der Waals surface area (Å²) in [6.45, 7) is 1.13. The summed E-state index contributed by atoms with van der Waals surface area (Å²) < 4.78 is 51.7. The number of ether oxygens (including phenoxy) is 1. The molecule has 38 heavy (non-hydrogen) atoms. The van der Waals surface area contributed by atoms with Crippen molar-refractivity contribution in [3.8, 4) is 16.9 Å². The number of nitro groups is 2. The summed E-state index contributed by atoms with van der Waals surface area (Å²) in [4.78, 5) is 46.4. The molecule has 0 fully saturated rings. The van der Waals surface area contributed by atoms with Crippen LogP contribution in [0.4, 0.5) is 24.5 Å². The molecule has 4 aromatic rings. The molecule has 3 aromatic carbocycles. The molecule has 0 atom stereocenters. The van der Waals surface area contributed by atoms with E-state index in [9.17, 15) is 43.0 Å². The molecule has 1 heterocycles. The van der Waals surface area contributed by atoms with Crippen LogP contribution in [0.25, 0.3) is 22.1 Å². The first kappa shape index (κ1) is 26.3. The molecule has 10 nitrogen and oxygen atoms in total. The van der Waals surface area contributed by atoms with Crippen molar-refractivity contribution in [2.75, 3.05) is 0 Å². The number of nitro benzene ring substituents is 2. The maximum absolute atomic E-state index is 13.9. The summed E-state index contributed by atoms with van der Waals surface area (Å²) >= 11 is 6.03. The Balaban J connectivity index is 1.82. The van der Waals surface area contributed by atoms with Crippen LogP contribution >= 0.6 is 11.6 Å². The molecule has 0 bridgehead atoms. The lowest BCUT2D eigenvalue weighted by Crippen LogP contribution is -2.16.